The molecule has 6 atom stereocenters. The first-order valence-corrected chi connectivity index (χ1v) is 17.8. The van der Waals surface area contributed by atoms with E-state index in [0.29, 0.717) is 60.9 Å². The molecule has 0 bridgehead atoms. The van der Waals surface area contributed by atoms with Crippen LogP contribution in [-0.2, 0) is 41.5 Å². The van der Waals surface area contributed by atoms with Crippen LogP contribution in [0.5, 0.6) is 0 Å². The molecule has 0 saturated carbocycles. The normalized spacial score (nSPS) is 21.5. The Bertz CT molecular complexity index is 1870. The minimum Gasteiger partial charge on any atom is -0.461 e. The molecule has 52 heavy (non-hydrogen) atoms. The van der Waals surface area contributed by atoms with Gasteiger partial charge in [0.2, 0.25) is 11.8 Å². The number of aromatic amines is 2. The summed E-state index contributed by atoms with van der Waals surface area (Å²) in [5.41, 5.74) is 16.2. The lowest BCUT2D eigenvalue weighted by Crippen LogP contribution is -2.46. The summed E-state index contributed by atoms with van der Waals surface area (Å²) in [5, 5.41) is 1.44. The van der Waals surface area contributed by atoms with Crippen molar-refractivity contribution in [2.24, 2.45) is 11.5 Å². The highest BCUT2D eigenvalue weighted by Gasteiger charge is 2.41. The van der Waals surface area contributed by atoms with Crippen molar-refractivity contribution in [3.63, 3.8) is 0 Å². The number of rotatable bonds is 11. The fraction of sp³-hybridized carbons (Fsp3) is 0.474. The van der Waals surface area contributed by atoms with Gasteiger partial charge in [0.05, 0.1) is 36.6 Å². The summed E-state index contributed by atoms with van der Waals surface area (Å²) in [7, 11) is 0. The van der Waals surface area contributed by atoms with E-state index in [1.165, 1.54) is 38.1 Å². The van der Waals surface area contributed by atoms with Crippen LogP contribution in [-0.4, -0.2) is 93.0 Å². The Morgan fingerprint density at radius 1 is 0.731 bits per heavy atom. The van der Waals surface area contributed by atoms with Gasteiger partial charge in [0.25, 0.3) is 0 Å². The Kier molecular flexibility index (Phi) is 10.7. The maximum Gasteiger partial charge on any atom is 0.302 e. The van der Waals surface area contributed by atoms with Crippen LogP contribution in [0.1, 0.15) is 64.5 Å². The number of nitrogens with one attached hydrogen (secondary N) is 2. The molecule has 2 saturated heterocycles. The molecule has 4 heterocycles. The molecule has 2 aromatic heterocycles. The summed E-state index contributed by atoms with van der Waals surface area (Å²) in [4.78, 5) is 61.1. The Morgan fingerprint density at radius 3 is 1.46 bits per heavy atom. The second-order valence-corrected chi connectivity index (χ2v) is 14.0. The summed E-state index contributed by atoms with van der Waals surface area (Å²) in [6.07, 6.45) is 1.14. The van der Waals surface area contributed by atoms with E-state index < -0.39 is 59.9 Å². The van der Waals surface area contributed by atoms with Crippen molar-refractivity contribution in [3.8, 4) is 11.4 Å². The van der Waals surface area contributed by atoms with Crippen LogP contribution in [0.3, 0.4) is 0 Å². The number of carbonyl (C=O) groups excluding carboxylic acids is 4. The summed E-state index contributed by atoms with van der Waals surface area (Å²) in [5.74, 6) is -2.31. The molecule has 278 valence electrons. The van der Waals surface area contributed by atoms with Crippen LogP contribution in [0.2, 0.25) is 0 Å². The first kappa shape index (κ1) is 37.0. The molecular weight excluding hydrogens is 674 g/mol. The number of H-pyrrole nitrogens is 2. The minimum absolute atomic E-state index is 0.189. The largest absolute Gasteiger partial charge is 0.461 e. The molecule has 14 heteroatoms. The fourth-order valence-corrected chi connectivity index (χ4v) is 7.87. The van der Waals surface area contributed by atoms with Gasteiger partial charge in [-0.05, 0) is 73.2 Å². The van der Waals surface area contributed by atoms with E-state index in [-0.39, 0.29) is 24.9 Å². The van der Waals surface area contributed by atoms with Crippen LogP contribution >= 0.6 is 0 Å². The smallest absolute Gasteiger partial charge is 0.302 e. The summed E-state index contributed by atoms with van der Waals surface area (Å²) in [6, 6.07) is 6.58. The lowest BCUT2D eigenvalue weighted by molar-refractivity contribution is -0.147. The molecule has 2 amide bonds. The van der Waals surface area contributed by atoms with Gasteiger partial charge in [0.1, 0.15) is 23.8 Å². The van der Waals surface area contributed by atoms with Crippen LogP contribution in [0, 0.1) is 11.6 Å². The van der Waals surface area contributed by atoms with E-state index in [1.807, 2.05) is 13.8 Å². The third kappa shape index (κ3) is 7.40. The standard InChI is InChI=1S/C38H46F2N6O6/c1-5-31(41)37(49)45-17-25(51-19(3)47)13-23(45)15-29-27-9-7-21(39)11-33(27)43-35(29)36-30(28-10-8-22(40)12-34(28)44-36)16-24-14-26(52-20(4)48)18-46(24)38(50)32(42)6-2/h7-12,23-26,31-32,43-44H,5-6,13-18,41-42H2,1-4H3/t23-,24-,25-,26?,31-,32?/m0/s1. The van der Waals surface area contributed by atoms with E-state index >= 15 is 0 Å². The maximum absolute atomic E-state index is 14.7. The molecule has 4 aromatic rings. The lowest BCUT2D eigenvalue weighted by Gasteiger charge is -2.27. The van der Waals surface area contributed by atoms with Gasteiger partial charge in [-0.25, -0.2) is 8.78 Å². The first-order chi connectivity index (χ1) is 24.8. The number of carbonyl (C=O) groups is 4. The molecule has 2 aliphatic rings. The molecule has 0 spiro atoms. The Morgan fingerprint density at radius 2 is 1.12 bits per heavy atom. The van der Waals surface area contributed by atoms with Gasteiger partial charge in [0, 0.05) is 60.6 Å². The molecule has 2 fully saturated rings. The molecule has 0 radical (unpaired) electrons. The molecule has 2 unspecified atom stereocenters. The van der Waals surface area contributed by atoms with Crippen molar-refractivity contribution in [2.45, 2.75) is 103 Å². The highest BCUT2D eigenvalue weighted by molar-refractivity contribution is 5.96. The summed E-state index contributed by atoms with van der Waals surface area (Å²) < 4.78 is 40.5. The zero-order valence-electron chi connectivity index (χ0n) is 29.8. The van der Waals surface area contributed by atoms with E-state index in [1.54, 1.807) is 21.9 Å². The highest BCUT2D eigenvalue weighted by atomic mass is 19.1. The molecule has 2 aliphatic heterocycles. The quantitative estimate of drug-likeness (QED) is 0.167. The van der Waals surface area contributed by atoms with Crippen LogP contribution in [0.15, 0.2) is 36.4 Å². The number of benzene rings is 2. The number of amides is 2. The van der Waals surface area contributed by atoms with Crippen molar-refractivity contribution in [1.29, 1.82) is 0 Å². The summed E-state index contributed by atoms with van der Waals surface area (Å²) >= 11 is 0. The minimum atomic E-state index is -0.737. The van der Waals surface area contributed by atoms with E-state index in [2.05, 4.69) is 9.97 Å². The molecule has 12 nitrogen and oxygen atoms in total. The monoisotopic (exact) mass is 720 g/mol. The second kappa shape index (κ2) is 15.0. The first-order valence-electron chi connectivity index (χ1n) is 17.8. The van der Waals surface area contributed by atoms with Gasteiger partial charge in [-0.2, -0.15) is 0 Å². The average molecular weight is 721 g/mol. The third-order valence-corrected chi connectivity index (χ3v) is 10.4. The number of ether oxygens (including phenoxy) is 2. The number of esters is 2. The van der Waals surface area contributed by atoms with E-state index in [0.717, 1.165) is 21.9 Å². The second-order valence-electron chi connectivity index (χ2n) is 14.0. The molecule has 0 aliphatic carbocycles. The maximum atomic E-state index is 14.7. The van der Waals surface area contributed by atoms with Crippen molar-refractivity contribution in [1.82, 2.24) is 19.8 Å². The number of aromatic nitrogens is 2. The Labute approximate surface area is 300 Å². The van der Waals surface area contributed by atoms with Crippen molar-refractivity contribution < 1.29 is 37.4 Å². The highest BCUT2D eigenvalue weighted by Crippen LogP contribution is 2.40. The zero-order valence-corrected chi connectivity index (χ0v) is 29.8. The lowest BCUT2D eigenvalue weighted by atomic mass is 9.94. The van der Waals surface area contributed by atoms with E-state index in [9.17, 15) is 28.0 Å². The number of hydrogen-bond donors (Lipinski definition) is 4. The van der Waals surface area contributed by atoms with Gasteiger partial charge >= 0.3 is 11.9 Å². The van der Waals surface area contributed by atoms with Crippen LogP contribution < -0.4 is 11.5 Å². The van der Waals surface area contributed by atoms with Gasteiger partial charge in [-0.3, -0.25) is 19.2 Å². The number of hydrogen-bond acceptors (Lipinski definition) is 8. The molecule has 6 rings (SSSR count). The number of nitrogens with two attached hydrogens (primary N) is 2. The number of nitrogens with zero attached hydrogens (tertiary/aromatic N) is 2. The third-order valence-electron chi connectivity index (χ3n) is 10.4. The predicted octanol–water partition coefficient (Wildman–Crippen LogP) is 4.22. The molecular formula is C38H46F2N6O6. The molecule has 2 aromatic carbocycles. The van der Waals surface area contributed by atoms with Gasteiger partial charge in [-0.1, -0.05) is 13.8 Å². The number of halogens is 2. The summed E-state index contributed by atoms with van der Waals surface area (Å²) in [6.45, 7) is 6.69. The van der Waals surface area contributed by atoms with E-state index in [4.69, 9.17) is 20.9 Å². The van der Waals surface area contributed by atoms with Crippen molar-refractivity contribution in [3.05, 3.63) is 59.2 Å². The van der Waals surface area contributed by atoms with Gasteiger partial charge in [-0.15, -0.1) is 0 Å². The Balaban J connectivity index is 1.47. The van der Waals surface area contributed by atoms with Crippen LogP contribution in [0.4, 0.5) is 8.78 Å². The van der Waals surface area contributed by atoms with Gasteiger partial charge in [0.15, 0.2) is 0 Å². The number of likely N-dealkylation sites (tertiary alicyclic amines) is 2. The topological polar surface area (TPSA) is 177 Å². The zero-order chi connectivity index (χ0) is 37.4. The Hall–Kier alpha value is -4.82. The number of fused-ring (bicyclic) bond motifs is 2. The average Bonchev–Trinajstić information content (AvgIpc) is 3.86. The van der Waals surface area contributed by atoms with Crippen LogP contribution in [0.25, 0.3) is 33.2 Å². The molecule has 6 N–H and O–H groups in total. The van der Waals surface area contributed by atoms with Gasteiger partial charge < -0.3 is 40.7 Å². The predicted molar refractivity (Wildman–Crippen MR) is 191 cm³/mol. The van der Waals surface area contributed by atoms with Crippen molar-refractivity contribution >= 4 is 45.6 Å². The van der Waals surface area contributed by atoms with Crippen molar-refractivity contribution in [2.75, 3.05) is 13.1 Å². The fourth-order valence-electron chi connectivity index (χ4n) is 7.87. The SMILES string of the molecule is CCC(N)C(=O)N1CC(OC(C)=O)C[C@H]1Cc1c(-c2[nH]c3cc(F)ccc3c2C[C@@H]2C[C@H](OC(C)=O)CN2C(=O)[C@@H](N)CC)[nH]c2cc(F)ccc12.